The first-order chi connectivity index (χ1) is 9.36. The third-order valence-electron chi connectivity index (χ3n) is 2.77. The summed E-state index contributed by atoms with van der Waals surface area (Å²) < 4.78 is 28.2. The summed E-state index contributed by atoms with van der Waals surface area (Å²) >= 11 is 0. The number of unbranched alkanes of at least 4 members (excludes halogenated alkanes) is 3. The Bertz CT molecular complexity index is 433. The second-order valence-corrected chi connectivity index (χ2v) is 6.45. The average Bonchev–Trinajstić information content (AvgIpc) is 2.35. The van der Waals surface area contributed by atoms with Crippen LogP contribution in [0.25, 0.3) is 0 Å². The van der Waals surface area contributed by atoms with E-state index in [1.165, 1.54) is 50.6 Å². The molecule has 1 aromatic heterocycles. The lowest BCUT2D eigenvalue weighted by atomic mass is 10.1. The standard InChI is InChI=1S/C14H24N.CH4O3S/c1-3-5-6-7-11-15-12-9-14(8-4-2)10-13-15;1-5(2,3)4/h9-10,12-13H,3-8,11H2,1-2H3;1H3,(H,2,3,4)/q+1;. The Hall–Kier alpha value is -0.940. The van der Waals surface area contributed by atoms with Crippen molar-refractivity contribution in [1.82, 2.24) is 0 Å². The zero-order chi connectivity index (χ0) is 15.4. The van der Waals surface area contributed by atoms with Gasteiger partial charge in [0, 0.05) is 18.6 Å². The molecule has 0 radical (unpaired) electrons. The van der Waals surface area contributed by atoms with Crippen molar-refractivity contribution in [1.29, 1.82) is 0 Å². The molecular weight excluding hydrogens is 274 g/mol. The zero-order valence-electron chi connectivity index (χ0n) is 12.9. The van der Waals surface area contributed by atoms with E-state index in [1.807, 2.05) is 0 Å². The number of pyridine rings is 1. The van der Waals surface area contributed by atoms with E-state index in [-0.39, 0.29) is 0 Å². The van der Waals surface area contributed by atoms with Gasteiger partial charge in [-0.05, 0) is 18.4 Å². The Labute approximate surface area is 123 Å². The molecule has 20 heavy (non-hydrogen) atoms. The summed E-state index contributed by atoms with van der Waals surface area (Å²) in [6, 6.07) is 4.51. The fourth-order valence-electron chi connectivity index (χ4n) is 1.81. The fourth-order valence-corrected chi connectivity index (χ4v) is 1.81. The minimum Gasteiger partial charge on any atom is -0.286 e. The molecule has 0 amide bonds. The predicted molar refractivity (Wildman–Crippen MR) is 82.2 cm³/mol. The van der Waals surface area contributed by atoms with Gasteiger partial charge in [-0.3, -0.25) is 4.55 Å². The normalized spacial score (nSPS) is 10.8. The minimum atomic E-state index is -3.67. The van der Waals surface area contributed by atoms with E-state index >= 15 is 0 Å². The first kappa shape index (κ1) is 19.1. The Balaban J connectivity index is 0.000000621. The summed E-state index contributed by atoms with van der Waals surface area (Å²) in [4.78, 5) is 0. The van der Waals surface area contributed by atoms with Crippen LogP contribution in [0.15, 0.2) is 24.5 Å². The number of rotatable bonds is 7. The molecule has 0 bridgehead atoms. The highest BCUT2D eigenvalue weighted by Crippen LogP contribution is 2.01. The molecule has 0 aromatic carbocycles. The molecule has 0 spiro atoms. The highest BCUT2D eigenvalue weighted by Gasteiger charge is 1.99. The maximum atomic E-state index is 9.19. The maximum Gasteiger partial charge on any atom is 0.261 e. The summed E-state index contributed by atoms with van der Waals surface area (Å²) in [6.07, 6.45) is 13.0. The Kier molecular flexibility index (Phi) is 10.3. The van der Waals surface area contributed by atoms with E-state index in [1.54, 1.807) is 0 Å². The molecule has 116 valence electrons. The van der Waals surface area contributed by atoms with E-state index in [2.05, 4.69) is 42.9 Å². The van der Waals surface area contributed by atoms with Crippen LogP contribution in [0.5, 0.6) is 0 Å². The van der Waals surface area contributed by atoms with Crippen molar-refractivity contribution in [2.45, 2.75) is 58.9 Å². The number of aromatic nitrogens is 1. The lowest BCUT2D eigenvalue weighted by Crippen LogP contribution is -2.32. The van der Waals surface area contributed by atoms with Crippen molar-refractivity contribution in [2.24, 2.45) is 0 Å². The summed E-state index contributed by atoms with van der Waals surface area (Å²) in [5, 5.41) is 0. The summed E-state index contributed by atoms with van der Waals surface area (Å²) in [5.41, 5.74) is 1.46. The molecule has 0 aliphatic carbocycles. The van der Waals surface area contributed by atoms with Crippen LogP contribution in [0, 0.1) is 0 Å². The van der Waals surface area contributed by atoms with Gasteiger partial charge >= 0.3 is 0 Å². The molecule has 0 aliphatic rings. The Morgan fingerprint density at radius 1 is 1.05 bits per heavy atom. The predicted octanol–water partition coefficient (Wildman–Crippen LogP) is 3.01. The number of hydrogen-bond donors (Lipinski definition) is 1. The third kappa shape index (κ3) is 13.5. The average molecular weight is 302 g/mol. The topological polar surface area (TPSA) is 58.2 Å². The quantitative estimate of drug-likeness (QED) is 0.478. The summed E-state index contributed by atoms with van der Waals surface area (Å²) in [5.74, 6) is 0. The molecule has 1 heterocycles. The molecule has 1 rings (SSSR count). The molecule has 1 aromatic rings. The summed E-state index contributed by atoms with van der Waals surface area (Å²) in [6.45, 7) is 5.66. The SMILES string of the molecule is CCCCCC[n+]1ccc(CCC)cc1.CS(=O)(=O)O. The maximum absolute atomic E-state index is 9.19. The molecule has 0 saturated carbocycles. The lowest BCUT2D eigenvalue weighted by Gasteiger charge is -1.99. The van der Waals surface area contributed by atoms with Crippen LogP contribution in [0.4, 0.5) is 0 Å². The molecular formula is C15H28NO3S+. The van der Waals surface area contributed by atoms with Crippen molar-refractivity contribution in [3.8, 4) is 0 Å². The molecule has 0 aliphatic heterocycles. The van der Waals surface area contributed by atoms with Gasteiger partial charge in [0.2, 0.25) is 0 Å². The number of nitrogens with zero attached hydrogens (tertiary/aromatic N) is 1. The first-order valence-electron chi connectivity index (χ1n) is 7.27. The van der Waals surface area contributed by atoms with Gasteiger partial charge in [0.25, 0.3) is 10.1 Å². The molecule has 0 saturated heterocycles. The Morgan fingerprint density at radius 2 is 1.60 bits per heavy atom. The van der Waals surface area contributed by atoms with Crippen LogP contribution < -0.4 is 4.57 Å². The van der Waals surface area contributed by atoms with Crippen molar-refractivity contribution in [3.05, 3.63) is 30.1 Å². The zero-order valence-corrected chi connectivity index (χ0v) is 13.7. The fraction of sp³-hybridized carbons (Fsp3) is 0.667. The van der Waals surface area contributed by atoms with Gasteiger partial charge in [-0.1, -0.05) is 33.1 Å². The van der Waals surface area contributed by atoms with E-state index < -0.39 is 10.1 Å². The lowest BCUT2D eigenvalue weighted by molar-refractivity contribution is -0.697. The van der Waals surface area contributed by atoms with Crippen LogP contribution in [0.3, 0.4) is 0 Å². The van der Waals surface area contributed by atoms with Crippen LogP contribution in [-0.2, 0) is 23.1 Å². The molecule has 1 N–H and O–H groups in total. The van der Waals surface area contributed by atoms with Gasteiger partial charge < -0.3 is 0 Å². The van der Waals surface area contributed by atoms with Crippen molar-refractivity contribution in [2.75, 3.05) is 6.26 Å². The third-order valence-corrected chi connectivity index (χ3v) is 2.77. The van der Waals surface area contributed by atoms with Crippen LogP contribution in [-0.4, -0.2) is 19.2 Å². The van der Waals surface area contributed by atoms with Gasteiger partial charge in [-0.2, -0.15) is 8.42 Å². The Morgan fingerprint density at radius 3 is 2.05 bits per heavy atom. The molecule has 0 unspecified atom stereocenters. The smallest absolute Gasteiger partial charge is 0.261 e. The highest BCUT2D eigenvalue weighted by molar-refractivity contribution is 7.85. The molecule has 0 atom stereocenters. The van der Waals surface area contributed by atoms with Crippen molar-refractivity contribution in [3.63, 3.8) is 0 Å². The second kappa shape index (κ2) is 10.8. The van der Waals surface area contributed by atoms with Crippen LogP contribution in [0.2, 0.25) is 0 Å². The van der Waals surface area contributed by atoms with E-state index in [0.717, 1.165) is 0 Å². The van der Waals surface area contributed by atoms with Crippen LogP contribution >= 0.6 is 0 Å². The number of aryl methyl sites for hydroxylation is 2. The second-order valence-electron chi connectivity index (χ2n) is 4.99. The monoisotopic (exact) mass is 302 g/mol. The van der Waals surface area contributed by atoms with E-state index in [4.69, 9.17) is 4.55 Å². The van der Waals surface area contributed by atoms with Gasteiger partial charge in [0.15, 0.2) is 12.4 Å². The van der Waals surface area contributed by atoms with Gasteiger partial charge in [0.05, 0.1) is 6.26 Å². The number of hydrogen-bond acceptors (Lipinski definition) is 2. The minimum absolute atomic E-state index is 0.715. The van der Waals surface area contributed by atoms with E-state index in [9.17, 15) is 8.42 Å². The van der Waals surface area contributed by atoms with E-state index in [0.29, 0.717) is 6.26 Å². The first-order valence-corrected chi connectivity index (χ1v) is 9.12. The highest BCUT2D eigenvalue weighted by atomic mass is 32.2. The molecule has 4 nitrogen and oxygen atoms in total. The largest absolute Gasteiger partial charge is 0.286 e. The van der Waals surface area contributed by atoms with Gasteiger partial charge in [-0.15, -0.1) is 0 Å². The van der Waals surface area contributed by atoms with Crippen molar-refractivity contribution < 1.29 is 17.5 Å². The van der Waals surface area contributed by atoms with Gasteiger partial charge in [0.1, 0.15) is 6.54 Å². The van der Waals surface area contributed by atoms with Crippen LogP contribution in [0.1, 0.15) is 51.5 Å². The molecule has 5 heteroatoms. The molecule has 0 fully saturated rings. The summed E-state index contributed by atoms with van der Waals surface area (Å²) in [7, 11) is -3.67. The van der Waals surface area contributed by atoms with Crippen molar-refractivity contribution >= 4 is 10.1 Å². The van der Waals surface area contributed by atoms with Gasteiger partial charge in [-0.25, -0.2) is 4.57 Å².